The Hall–Kier alpha value is -2.17. The molecule has 0 aliphatic carbocycles. The number of benzene rings is 1. The number of nitrogens with zero attached hydrogens (tertiary/aromatic N) is 4. The Labute approximate surface area is 182 Å². The third kappa shape index (κ3) is 5.46. The number of hydrogen-bond donors (Lipinski definition) is 1. The molecule has 2 atom stereocenters. The molecule has 1 aliphatic heterocycles. The van der Waals surface area contributed by atoms with Crippen LogP contribution < -0.4 is 5.32 Å². The van der Waals surface area contributed by atoms with E-state index in [0.29, 0.717) is 22.5 Å². The molecule has 0 spiro atoms. The van der Waals surface area contributed by atoms with E-state index < -0.39 is 0 Å². The van der Waals surface area contributed by atoms with Gasteiger partial charge in [0, 0.05) is 24.6 Å². The third-order valence-electron chi connectivity index (χ3n) is 5.00. The van der Waals surface area contributed by atoms with E-state index in [-0.39, 0.29) is 5.37 Å². The summed E-state index contributed by atoms with van der Waals surface area (Å²) in [7, 11) is 0. The predicted molar refractivity (Wildman–Crippen MR) is 124 cm³/mol. The number of rotatable bonds is 5. The molecule has 1 saturated heterocycles. The second kappa shape index (κ2) is 10.0. The van der Waals surface area contributed by atoms with E-state index >= 15 is 0 Å². The molecule has 5 nitrogen and oxygen atoms in total. The summed E-state index contributed by atoms with van der Waals surface area (Å²) in [5, 5.41) is 13.5. The molecule has 29 heavy (non-hydrogen) atoms. The van der Waals surface area contributed by atoms with Crippen molar-refractivity contribution in [2.75, 3.05) is 17.6 Å². The fourth-order valence-electron chi connectivity index (χ4n) is 3.63. The van der Waals surface area contributed by atoms with Crippen LogP contribution in [0.15, 0.2) is 36.7 Å². The molecule has 0 saturated carbocycles. The highest BCUT2D eigenvalue weighted by Crippen LogP contribution is 2.32. The van der Waals surface area contributed by atoms with E-state index in [1.165, 1.54) is 0 Å². The zero-order chi connectivity index (χ0) is 20.8. The normalized spacial score (nSPS) is 17.6. The van der Waals surface area contributed by atoms with E-state index in [1.807, 2.05) is 30.0 Å². The number of thiocarbonyl (C=S) groups is 1. The van der Waals surface area contributed by atoms with Gasteiger partial charge in [0.05, 0.1) is 28.4 Å². The summed E-state index contributed by atoms with van der Waals surface area (Å²) in [6.07, 6.45) is 5.55. The standard InChI is InChI=1S/C22H27N5S2/c1-15(2)20-19(24-8-9-25-20)12-16(3)21-27(10-5-11-29-21)22(28)26-18-7-4-6-17(13-18)14-23/h4,6-9,13,15-16,21H,5,10-12H2,1-3H3,(H,26,28). The van der Waals surface area contributed by atoms with Crippen LogP contribution in [0.1, 0.15) is 50.1 Å². The minimum atomic E-state index is 0.282. The molecule has 1 aromatic carbocycles. The van der Waals surface area contributed by atoms with Gasteiger partial charge in [-0.2, -0.15) is 5.26 Å². The lowest BCUT2D eigenvalue weighted by Gasteiger charge is -2.40. The van der Waals surface area contributed by atoms with Crippen molar-refractivity contribution in [2.45, 2.75) is 44.9 Å². The number of nitrogens with one attached hydrogen (secondary N) is 1. The first-order valence-electron chi connectivity index (χ1n) is 9.98. The van der Waals surface area contributed by atoms with Gasteiger partial charge in [0.1, 0.15) is 0 Å². The van der Waals surface area contributed by atoms with Gasteiger partial charge in [-0.25, -0.2) is 0 Å². The van der Waals surface area contributed by atoms with Crippen molar-refractivity contribution >= 4 is 34.8 Å². The van der Waals surface area contributed by atoms with Gasteiger partial charge in [-0.05, 0) is 60.8 Å². The fraction of sp³-hybridized carbons (Fsp3) is 0.455. The van der Waals surface area contributed by atoms with Crippen molar-refractivity contribution in [3.8, 4) is 6.07 Å². The summed E-state index contributed by atoms with van der Waals surface area (Å²) in [6, 6.07) is 9.61. The lowest BCUT2D eigenvalue weighted by atomic mass is 9.98. The number of hydrogen-bond acceptors (Lipinski definition) is 5. The van der Waals surface area contributed by atoms with Crippen LogP contribution in [-0.2, 0) is 6.42 Å². The Balaban J connectivity index is 1.73. The molecule has 0 radical (unpaired) electrons. The lowest BCUT2D eigenvalue weighted by Crippen LogP contribution is -2.47. The van der Waals surface area contributed by atoms with Crippen molar-refractivity contribution in [3.63, 3.8) is 0 Å². The van der Waals surface area contributed by atoms with Crippen LogP contribution in [0, 0.1) is 17.2 Å². The van der Waals surface area contributed by atoms with Crippen LogP contribution in [0.4, 0.5) is 5.69 Å². The summed E-state index contributed by atoms with van der Waals surface area (Å²) in [6.45, 7) is 7.53. The highest BCUT2D eigenvalue weighted by Gasteiger charge is 2.30. The van der Waals surface area contributed by atoms with Crippen molar-refractivity contribution in [1.29, 1.82) is 5.26 Å². The maximum atomic E-state index is 9.13. The first-order chi connectivity index (χ1) is 14.0. The Morgan fingerprint density at radius 3 is 2.90 bits per heavy atom. The highest BCUT2D eigenvalue weighted by atomic mass is 32.2. The average molecular weight is 426 g/mol. The average Bonchev–Trinajstić information content (AvgIpc) is 2.74. The molecule has 0 bridgehead atoms. The molecule has 1 fully saturated rings. The monoisotopic (exact) mass is 425 g/mol. The first kappa shape index (κ1) is 21.5. The summed E-state index contributed by atoms with van der Waals surface area (Å²) in [4.78, 5) is 11.5. The van der Waals surface area contributed by atoms with E-state index in [9.17, 15) is 0 Å². The minimum absolute atomic E-state index is 0.282. The van der Waals surface area contributed by atoms with Gasteiger partial charge >= 0.3 is 0 Å². The lowest BCUT2D eigenvalue weighted by molar-refractivity contribution is 0.311. The van der Waals surface area contributed by atoms with Crippen molar-refractivity contribution < 1.29 is 0 Å². The zero-order valence-electron chi connectivity index (χ0n) is 17.1. The quantitative estimate of drug-likeness (QED) is 0.690. The first-order valence-corrected chi connectivity index (χ1v) is 11.4. The van der Waals surface area contributed by atoms with Gasteiger partial charge in [0.15, 0.2) is 5.11 Å². The van der Waals surface area contributed by atoms with E-state index in [1.54, 1.807) is 18.5 Å². The SMILES string of the molecule is CC(C)c1nccnc1CC(C)C1SCCCN1C(=S)Nc1cccc(C#N)c1. The Morgan fingerprint density at radius 2 is 2.14 bits per heavy atom. The zero-order valence-corrected chi connectivity index (χ0v) is 18.8. The minimum Gasteiger partial charge on any atom is -0.337 e. The Morgan fingerprint density at radius 1 is 1.34 bits per heavy atom. The van der Waals surface area contributed by atoms with Gasteiger partial charge in [-0.1, -0.05) is 26.8 Å². The van der Waals surface area contributed by atoms with Crippen molar-refractivity contribution in [1.82, 2.24) is 14.9 Å². The molecule has 7 heteroatoms. The fourth-order valence-corrected chi connectivity index (χ4v) is 5.37. The number of thioether (sulfide) groups is 1. The number of aromatic nitrogens is 2. The van der Waals surface area contributed by atoms with Gasteiger partial charge in [0.25, 0.3) is 0 Å². The topological polar surface area (TPSA) is 64.8 Å². The van der Waals surface area contributed by atoms with Crippen LogP contribution in [0.3, 0.4) is 0 Å². The summed E-state index contributed by atoms with van der Waals surface area (Å²) >= 11 is 7.71. The smallest absolute Gasteiger partial charge is 0.174 e. The molecule has 2 unspecified atom stereocenters. The second-order valence-corrected chi connectivity index (χ2v) is 9.27. The summed E-state index contributed by atoms with van der Waals surface area (Å²) in [5.41, 5.74) is 3.65. The van der Waals surface area contributed by atoms with Gasteiger partial charge in [-0.15, -0.1) is 11.8 Å². The molecule has 1 N–H and O–H groups in total. The van der Waals surface area contributed by atoms with Crippen LogP contribution in [0.25, 0.3) is 0 Å². The van der Waals surface area contributed by atoms with Crippen LogP contribution >= 0.6 is 24.0 Å². The molecule has 152 valence electrons. The number of nitriles is 1. The molecule has 2 aromatic rings. The largest absolute Gasteiger partial charge is 0.337 e. The summed E-state index contributed by atoms with van der Waals surface area (Å²) < 4.78 is 0. The van der Waals surface area contributed by atoms with Crippen molar-refractivity contribution in [2.24, 2.45) is 5.92 Å². The van der Waals surface area contributed by atoms with Crippen molar-refractivity contribution in [3.05, 3.63) is 53.6 Å². The van der Waals surface area contributed by atoms with Gasteiger partial charge in [0.2, 0.25) is 0 Å². The predicted octanol–water partition coefficient (Wildman–Crippen LogP) is 4.81. The van der Waals surface area contributed by atoms with E-state index in [2.05, 4.69) is 47.0 Å². The molecule has 2 heterocycles. The van der Waals surface area contributed by atoms with E-state index in [4.69, 9.17) is 17.5 Å². The summed E-state index contributed by atoms with van der Waals surface area (Å²) in [5.74, 6) is 1.87. The molecule has 3 rings (SSSR count). The Bertz CT molecular complexity index is 893. The molecular formula is C22H27N5S2. The molecule has 0 amide bonds. The third-order valence-corrected chi connectivity index (χ3v) is 6.92. The maximum absolute atomic E-state index is 9.13. The van der Waals surface area contributed by atoms with Crippen LogP contribution in [0.5, 0.6) is 0 Å². The molecular weight excluding hydrogens is 398 g/mol. The van der Waals surface area contributed by atoms with Crippen LogP contribution in [0.2, 0.25) is 0 Å². The Kier molecular flexibility index (Phi) is 7.45. The van der Waals surface area contributed by atoms with E-state index in [0.717, 1.165) is 42.2 Å². The maximum Gasteiger partial charge on any atom is 0.174 e. The van der Waals surface area contributed by atoms with Gasteiger partial charge in [-0.3, -0.25) is 9.97 Å². The number of anilines is 1. The molecule has 1 aliphatic rings. The molecule has 1 aromatic heterocycles. The van der Waals surface area contributed by atoms with Gasteiger partial charge < -0.3 is 10.2 Å². The highest BCUT2D eigenvalue weighted by molar-refractivity contribution is 8.00. The second-order valence-electron chi connectivity index (χ2n) is 7.66. The van der Waals surface area contributed by atoms with Crippen LogP contribution in [-0.4, -0.2) is 37.7 Å².